The summed E-state index contributed by atoms with van der Waals surface area (Å²) in [7, 11) is 0. The van der Waals surface area contributed by atoms with Crippen molar-refractivity contribution in [2.24, 2.45) is 0 Å². The Labute approximate surface area is 147 Å². The van der Waals surface area contributed by atoms with Gasteiger partial charge < -0.3 is 14.6 Å². The van der Waals surface area contributed by atoms with Crippen molar-refractivity contribution in [1.29, 1.82) is 0 Å². The lowest BCUT2D eigenvalue weighted by Crippen LogP contribution is -2.27. The van der Waals surface area contributed by atoms with Gasteiger partial charge in [-0.2, -0.15) is 0 Å². The zero-order valence-electron chi connectivity index (χ0n) is 14.5. The van der Waals surface area contributed by atoms with Crippen LogP contribution in [0, 0.1) is 6.92 Å². The molecule has 0 saturated heterocycles. The maximum Gasteiger partial charge on any atom is 0.152 e. The van der Waals surface area contributed by atoms with Crippen LogP contribution < -0.4 is 10.1 Å². The smallest absolute Gasteiger partial charge is 0.152 e. The van der Waals surface area contributed by atoms with E-state index in [1.807, 2.05) is 30.3 Å². The first-order valence-corrected chi connectivity index (χ1v) is 8.85. The molecule has 1 aromatic heterocycles. The van der Waals surface area contributed by atoms with E-state index in [9.17, 15) is 4.39 Å². The van der Waals surface area contributed by atoms with Gasteiger partial charge in [-0.1, -0.05) is 29.8 Å². The fraction of sp³-hybridized carbons (Fsp3) is 0.333. The average molecular weight is 338 g/mol. The number of halogens is 1. The zero-order valence-corrected chi connectivity index (χ0v) is 14.5. The number of fused-ring (bicyclic) bond motifs is 3. The Morgan fingerprint density at radius 3 is 2.88 bits per heavy atom. The van der Waals surface area contributed by atoms with E-state index in [1.165, 1.54) is 22.2 Å². The van der Waals surface area contributed by atoms with Crippen LogP contribution in [-0.2, 0) is 19.5 Å². The van der Waals surface area contributed by atoms with Gasteiger partial charge in [0.15, 0.2) is 6.17 Å². The molecular formula is C21H23FN2O. The van der Waals surface area contributed by atoms with Gasteiger partial charge in [0.1, 0.15) is 12.4 Å². The molecule has 0 saturated carbocycles. The molecule has 1 N–H and O–H groups in total. The fourth-order valence-electron chi connectivity index (χ4n) is 3.66. The van der Waals surface area contributed by atoms with E-state index in [-0.39, 0.29) is 6.61 Å². The summed E-state index contributed by atoms with van der Waals surface area (Å²) in [6.07, 6.45) is -0.105. The van der Waals surface area contributed by atoms with Gasteiger partial charge in [-0.25, -0.2) is 4.39 Å². The molecule has 0 bridgehead atoms. The maximum absolute atomic E-state index is 14.7. The molecule has 0 aliphatic carbocycles. The molecule has 2 heterocycles. The monoisotopic (exact) mass is 338 g/mol. The molecule has 1 aliphatic rings. The molecule has 25 heavy (non-hydrogen) atoms. The highest BCUT2D eigenvalue weighted by atomic mass is 19.1. The first-order chi connectivity index (χ1) is 12.2. The summed E-state index contributed by atoms with van der Waals surface area (Å²) in [6, 6.07) is 15.9. The minimum absolute atomic E-state index is 0.0720. The Bertz CT molecular complexity index is 872. The van der Waals surface area contributed by atoms with Gasteiger partial charge in [-0.3, -0.25) is 0 Å². The van der Waals surface area contributed by atoms with Crippen LogP contribution in [0.1, 0.15) is 16.8 Å². The number of alkyl halides is 1. The van der Waals surface area contributed by atoms with E-state index in [1.54, 1.807) is 0 Å². The summed E-state index contributed by atoms with van der Waals surface area (Å²) >= 11 is 0. The summed E-state index contributed by atoms with van der Waals surface area (Å²) in [6.45, 7) is 4.31. The first-order valence-electron chi connectivity index (χ1n) is 8.85. The largest absolute Gasteiger partial charge is 0.490 e. The van der Waals surface area contributed by atoms with Crippen molar-refractivity contribution in [3.8, 4) is 5.75 Å². The van der Waals surface area contributed by atoms with Crippen LogP contribution in [0.25, 0.3) is 10.9 Å². The highest BCUT2D eigenvalue weighted by Gasteiger charge is 2.22. The number of nitrogens with zero attached hydrogens (tertiary/aromatic N) is 1. The van der Waals surface area contributed by atoms with Crippen LogP contribution in [0.4, 0.5) is 4.39 Å². The molecular weight excluding hydrogens is 315 g/mol. The molecule has 0 fully saturated rings. The van der Waals surface area contributed by atoms with Gasteiger partial charge in [0.2, 0.25) is 0 Å². The normalized spacial score (nSPS) is 15.1. The van der Waals surface area contributed by atoms with E-state index < -0.39 is 6.17 Å². The van der Waals surface area contributed by atoms with Crippen molar-refractivity contribution in [1.82, 2.24) is 9.88 Å². The van der Waals surface area contributed by atoms with Gasteiger partial charge in [0.25, 0.3) is 0 Å². The molecule has 2 aromatic carbocycles. The summed E-state index contributed by atoms with van der Waals surface area (Å²) in [5, 5.41) is 4.68. The number of para-hydroxylation sites is 1. The first kappa shape index (κ1) is 16.2. The number of rotatable bonds is 5. The topological polar surface area (TPSA) is 26.2 Å². The molecule has 0 amide bonds. The summed E-state index contributed by atoms with van der Waals surface area (Å²) < 4.78 is 22.4. The standard InChI is InChI=1S/C21H23FN2O/c1-15-7-8-20-18(11-15)19-12-23-10-9-21(19)24(20)13-16(22)14-25-17-5-3-2-4-6-17/h2-8,11,16,23H,9-10,12-14H2,1H3. The predicted molar refractivity (Wildman–Crippen MR) is 98.9 cm³/mol. The highest BCUT2D eigenvalue weighted by Crippen LogP contribution is 2.30. The lowest BCUT2D eigenvalue weighted by atomic mass is 10.0. The molecule has 1 unspecified atom stereocenters. The second-order valence-corrected chi connectivity index (χ2v) is 6.70. The van der Waals surface area contributed by atoms with E-state index in [0.717, 1.165) is 25.0 Å². The average Bonchev–Trinajstić information content (AvgIpc) is 2.94. The summed E-state index contributed by atoms with van der Waals surface area (Å²) in [4.78, 5) is 0. The molecule has 0 spiro atoms. The number of ether oxygens (including phenoxy) is 1. The third kappa shape index (κ3) is 3.27. The Hall–Kier alpha value is -2.33. The van der Waals surface area contributed by atoms with Crippen LogP contribution in [0.15, 0.2) is 48.5 Å². The number of hydrogen-bond donors (Lipinski definition) is 1. The lowest BCUT2D eigenvalue weighted by molar-refractivity contribution is 0.179. The molecule has 3 nitrogen and oxygen atoms in total. The molecule has 4 heteroatoms. The number of hydrogen-bond acceptors (Lipinski definition) is 2. The number of nitrogens with one attached hydrogen (secondary N) is 1. The van der Waals surface area contributed by atoms with Crippen LogP contribution in [0.2, 0.25) is 0 Å². The van der Waals surface area contributed by atoms with Gasteiger partial charge in [0.05, 0.1) is 6.54 Å². The summed E-state index contributed by atoms with van der Waals surface area (Å²) in [5.41, 5.74) is 4.95. The van der Waals surface area contributed by atoms with Crippen LogP contribution >= 0.6 is 0 Å². The van der Waals surface area contributed by atoms with Crippen LogP contribution in [0.5, 0.6) is 5.75 Å². The second-order valence-electron chi connectivity index (χ2n) is 6.70. The quantitative estimate of drug-likeness (QED) is 0.761. The molecule has 0 radical (unpaired) electrons. The Morgan fingerprint density at radius 2 is 2.04 bits per heavy atom. The fourth-order valence-corrected chi connectivity index (χ4v) is 3.66. The predicted octanol–water partition coefficient (Wildman–Crippen LogP) is 4.01. The number of aryl methyl sites for hydroxylation is 1. The second kappa shape index (κ2) is 6.89. The molecule has 4 rings (SSSR count). The van der Waals surface area contributed by atoms with Crippen molar-refractivity contribution >= 4 is 10.9 Å². The number of aromatic nitrogens is 1. The molecule has 1 atom stereocenters. The third-order valence-electron chi connectivity index (χ3n) is 4.84. The zero-order chi connectivity index (χ0) is 17.2. The molecule has 3 aromatic rings. The van der Waals surface area contributed by atoms with Gasteiger partial charge in [-0.15, -0.1) is 0 Å². The lowest BCUT2D eigenvalue weighted by Gasteiger charge is -2.18. The minimum Gasteiger partial charge on any atom is -0.490 e. The Kier molecular flexibility index (Phi) is 4.45. The SMILES string of the molecule is Cc1ccc2c(c1)c1c(n2CC(F)COc2ccccc2)CCNC1. The van der Waals surface area contributed by atoms with Crippen molar-refractivity contribution in [3.05, 3.63) is 65.4 Å². The van der Waals surface area contributed by atoms with E-state index in [2.05, 4.69) is 35.0 Å². The van der Waals surface area contributed by atoms with E-state index in [4.69, 9.17) is 4.74 Å². The van der Waals surface area contributed by atoms with Crippen LogP contribution in [0.3, 0.4) is 0 Å². The Balaban J connectivity index is 1.58. The van der Waals surface area contributed by atoms with Crippen molar-refractivity contribution in [2.75, 3.05) is 13.2 Å². The summed E-state index contributed by atoms with van der Waals surface area (Å²) in [5.74, 6) is 0.712. The van der Waals surface area contributed by atoms with E-state index >= 15 is 0 Å². The molecule has 1 aliphatic heterocycles. The number of benzene rings is 2. The highest BCUT2D eigenvalue weighted by molar-refractivity contribution is 5.86. The maximum atomic E-state index is 14.7. The van der Waals surface area contributed by atoms with Gasteiger partial charge in [-0.05, 0) is 36.8 Å². The minimum atomic E-state index is -1.05. The van der Waals surface area contributed by atoms with E-state index in [0.29, 0.717) is 12.3 Å². The third-order valence-corrected chi connectivity index (χ3v) is 4.84. The van der Waals surface area contributed by atoms with Crippen molar-refractivity contribution in [2.45, 2.75) is 32.6 Å². The van der Waals surface area contributed by atoms with Gasteiger partial charge >= 0.3 is 0 Å². The van der Waals surface area contributed by atoms with Crippen molar-refractivity contribution < 1.29 is 9.13 Å². The van der Waals surface area contributed by atoms with Gasteiger partial charge in [0, 0.05) is 36.1 Å². The Morgan fingerprint density at radius 1 is 1.20 bits per heavy atom. The van der Waals surface area contributed by atoms with Crippen LogP contribution in [-0.4, -0.2) is 23.9 Å². The molecule has 130 valence electrons. The van der Waals surface area contributed by atoms with Crippen molar-refractivity contribution in [3.63, 3.8) is 0 Å².